The molecule has 0 atom stereocenters. The van der Waals surface area contributed by atoms with E-state index in [1.807, 2.05) is 18.2 Å². The summed E-state index contributed by atoms with van der Waals surface area (Å²) in [5.41, 5.74) is 2.19. The number of nitrogens with zero attached hydrogens (tertiary/aromatic N) is 1. The Bertz CT molecular complexity index is 496. The van der Waals surface area contributed by atoms with E-state index in [2.05, 4.69) is 10.5 Å². The van der Waals surface area contributed by atoms with Crippen LogP contribution in [0.5, 0.6) is 11.5 Å². The standard InChI is InChI=1S/C12H12N2O3/c1-2-11-12(16-8-15-11)3-9(1)4-13-5-10-6-14-17-7-10/h1-3,6-7,13H,4-5,8H2. The topological polar surface area (TPSA) is 56.5 Å². The van der Waals surface area contributed by atoms with E-state index >= 15 is 0 Å². The third kappa shape index (κ3) is 2.24. The van der Waals surface area contributed by atoms with Crippen LogP contribution in [0, 0.1) is 0 Å². The maximum Gasteiger partial charge on any atom is 0.231 e. The van der Waals surface area contributed by atoms with Crippen LogP contribution >= 0.6 is 0 Å². The first-order valence-corrected chi connectivity index (χ1v) is 5.39. The smallest absolute Gasteiger partial charge is 0.231 e. The van der Waals surface area contributed by atoms with E-state index < -0.39 is 0 Å². The van der Waals surface area contributed by atoms with E-state index in [9.17, 15) is 0 Å². The highest BCUT2D eigenvalue weighted by atomic mass is 16.7. The minimum Gasteiger partial charge on any atom is -0.454 e. The van der Waals surface area contributed by atoms with Crippen molar-refractivity contribution in [2.24, 2.45) is 0 Å². The molecule has 17 heavy (non-hydrogen) atoms. The molecule has 0 bridgehead atoms. The maximum atomic E-state index is 5.32. The first-order valence-electron chi connectivity index (χ1n) is 5.39. The third-order valence-electron chi connectivity index (χ3n) is 2.58. The molecule has 1 aromatic heterocycles. The Balaban J connectivity index is 1.58. The summed E-state index contributed by atoms with van der Waals surface area (Å²) in [5, 5.41) is 6.94. The quantitative estimate of drug-likeness (QED) is 0.869. The van der Waals surface area contributed by atoms with Gasteiger partial charge in [-0.1, -0.05) is 11.2 Å². The van der Waals surface area contributed by atoms with E-state index in [1.165, 1.54) is 0 Å². The maximum absolute atomic E-state index is 5.32. The molecule has 1 aliphatic rings. The van der Waals surface area contributed by atoms with Crippen LogP contribution in [0.2, 0.25) is 0 Å². The molecule has 0 saturated carbocycles. The average Bonchev–Trinajstić information content (AvgIpc) is 2.98. The van der Waals surface area contributed by atoms with Crippen LogP contribution in [0.1, 0.15) is 11.1 Å². The van der Waals surface area contributed by atoms with Crippen LogP contribution in [0.25, 0.3) is 0 Å². The molecule has 88 valence electrons. The summed E-state index contributed by atoms with van der Waals surface area (Å²) in [7, 11) is 0. The summed E-state index contributed by atoms with van der Waals surface area (Å²) in [6.45, 7) is 1.81. The van der Waals surface area contributed by atoms with Crippen LogP contribution in [-0.4, -0.2) is 11.9 Å². The SMILES string of the molecule is c1cc2c(cc1CNCc1cnoc1)OCO2. The van der Waals surface area contributed by atoms with Crippen LogP contribution < -0.4 is 14.8 Å². The molecule has 1 aliphatic heterocycles. The molecule has 5 nitrogen and oxygen atoms in total. The Morgan fingerprint density at radius 1 is 1.12 bits per heavy atom. The second kappa shape index (κ2) is 4.47. The Morgan fingerprint density at radius 2 is 2.00 bits per heavy atom. The van der Waals surface area contributed by atoms with Gasteiger partial charge < -0.3 is 19.3 Å². The van der Waals surface area contributed by atoms with Crippen molar-refractivity contribution in [2.45, 2.75) is 13.1 Å². The van der Waals surface area contributed by atoms with E-state index in [1.54, 1.807) is 12.5 Å². The van der Waals surface area contributed by atoms with Gasteiger partial charge in [-0.15, -0.1) is 0 Å². The van der Waals surface area contributed by atoms with Gasteiger partial charge >= 0.3 is 0 Å². The highest BCUT2D eigenvalue weighted by molar-refractivity contribution is 5.44. The fourth-order valence-corrected chi connectivity index (χ4v) is 1.72. The molecule has 1 N–H and O–H groups in total. The van der Waals surface area contributed by atoms with Crippen molar-refractivity contribution in [1.29, 1.82) is 0 Å². The predicted molar refractivity (Wildman–Crippen MR) is 59.6 cm³/mol. The van der Waals surface area contributed by atoms with Crippen molar-refractivity contribution >= 4 is 0 Å². The molecule has 0 aliphatic carbocycles. The highest BCUT2D eigenvalue weighted by Crippen LogP contribution is 2.32. The number of hydrogen-bond donors (Lipinski definition) is 1. The zero-order valence-electron chi connectivity index (χ0n) is 9.18. The summed E-state index contributed by atoms with van der Waals surface area (Å²) < 4.78 is 15.3. The summed E-state index contributed by atoms with van der Waals surface area (Å²) in [5.74, 6) is 1.63. The zero-order chi connectivity index (χ0) is 11.5. The number of ether oxygens (including phenoxy) is 2. The first-order chi connectivity index (χ1) is 8.42. The lowest BCUT2D eigenvalue weighted by molar-refractivity contribution is 0.174. The Morgan fingerprint density at radius 3 is 2.88 bits per heavy atom. The number of fused-ring (bicyclic) bond motifs is 1. The Labute approximate surface area is 98.3 Å². The Hall–Kier alpha value is -2.01. The lowest BCUT2D eigenvalue weighted by Crippen LogP contribution is -2.11. The van der Waals surface area contributed by atoms with Crippen molar-refractivity contribution in [3.05, 3.63) is 41.8 Å². The van der Waals surface area contributed by atoms with Gasteiger partial charge in [-0.3, -0.25) is 0 Å². The molecular formula is C12H12N2O3. The van der Waals surface area contributed by atoms with Gasteiger partial charge in [0.2, 0.25) is 6.79 Å². The minimum atomic E-state index is 0.312. The van der Waals surface area contributed by atoms with Gasteiger partial charge in [0.05, 0.1) is 6.20 Å². The zero-order valence-corrected chi connectivity index (χ0v) is 9.18. The lowest BCUT2D eigenvalue weighted by atomic mass is 10.2. The molecule has 0 amide bonds. The van der Waals surface area contributed by atoms with Crippen molar-refractivity contribution < 1.29 is 14.0 Å². The third-order valence-corrected chi connectivity index (χ3v) is 2.58. The van der Waals surface area contributed by atoms with Crippen molar-refractivity contribution in [3.63, 3.8) is 0 Å². The van der Waals surface area contributed by atoms with E-state index in [4.69, 9.17) is 14.0 Å². The number of nitrogens with one attached hydrogen (secondary N) is 1. The molecular weight excluding hydrogens is 220 g/mol. The molecule has 5 heteroatoms. The normalized spacial score (nSPS) is 12.9. The second-order valence-corrected chi connectivity index (χ2v) is 3.82. The first kappa shape index (κ1) is 10.2. The Kier molecular flexibility index (Phi) is 2.67. The molecule has 0 unspecified atom stereocenters. The van der Waals surface area contributed by atoms with Gasteiger partial charge in [-0.2, -0.15) is 0 Å². The summed E-state index contributed by atoms with van der Waals surface area (Å²) in [6, 6.07) is 5.94. The van der Waals surface area contributed by atoms with Crippen molar-refractivity contribution in [1.82, 2.24) is 10.5 Å². The molecule has 0 spiro atoms. The lowest BCUT2D eigenvalue weighted by Gasteiger charge is -2.04. The van der Waals surface area contributed by atoms with Gasteiger partial charge in [0.15, 0.2) is 11.5 Å². The molecule has 2 aromatic rings. The van der Waals surface area contributed by atoms with Gasteiger partial charge in [0.25, 0.3) is 0 Å². The molecule has 0 saturated heterocycles. The number of aromatic nitrogens is 1. The van der Waals surface area contributed by atoms with Gasteiger partial charge in [0.1, 0.15) is 6.26 Å². The molecule has 0 radical (unpaired) electrons. The molecule has 3 rings (SSSR count). The van der Waals surface area contributed by atoms with Crippen LogP contribution in [0.3, 0.4) is 0 Å². The fraction of sp³-hybridized carbons (Fsp3) is 0.250. The molecule has 2 heterocycles. The minimum absolute atomic E-state index is 0.312. The second-order valence-electron chi connectivity index (χ2n) is 3.82. The number of benzene rings is 1. The van der Waals surface area contributed by atoms with E-state index in [-0.39, 0.29) is 0 Å². The fourth-order valence-electron chi connectivity index (χ4n) is 1.72. The number of rotatable bonds is 4. The van der Waals surface area contributed by atoms with E-state index in [0.717, 1.165) is 35.7 Å². The monoisotopic (exact) mass is 232 g/mol. The van der Waals surface area contributed by atoms with Crippen LogP contribution in [0.4, 0.5) is 0 Å². The van der Waals surface area contributed by atoms with Crippen molar-refractivity contribution in [3.8, 4) is 11.5 Å². The van der Waals surface area contributed by atoms with Crippen LogP contribution in [-0.2, 0) is 13.1 Å². The molecule has 0 fully saturated rings. The number of hydrogen-bond acceptors (Lipinski definition) is 5. The summed E-state index contributed by atoms with van der Waals surface area (Å²) in [4.78, 5) is 0. The summed E-state index contributed by atoms with van der Waals surface area (Å²) >= 11 is 0. The van der Waals surface area contributed by atoms with Crippen LogP contribution in [0.15, 0.2) is 35.2 Å². The summed E-state index contributed by atoms with van der Waals surface area (Å²) in [6.07, 6.45) is 3.33. The molecule has 1 aromatic carbocycles. The van der Waals surface area contributed by atoms with Gasteiger partial charge in [0, 0.05) is 18.7 Å². The van der Waals surface area contributed by atoms with Crippen molar-refractivity contribution in [2.75, 3.05) is 6.79 Å². The predicted octanol–water partition coefficient (Wildman–Crippen LogP) is 1.69. The van der Waals surface area contributed by atoms with Gasteiger partial charge in [-0.05, 0) is 17.7 Å². The average molecular weight is 232 g/mol. The highest BCUT2D eigenvalue weighted by Gasteiger charge is 2.12. The largest absolute Gasteiger partial charge is 0.454 e. The van der Waals surface area contributed by atoms with Gasteiger partial charge in [-0.25, -0.2) is 0 Å². The van der Waals surface area contributed by atoms with E-state index in [0.29, 0.717) is 6.79 Å².